The second-order valence-corrected chi connectivity index (χ2v) is 4.82. The average Bonchev–Trinajstić information content (AvgIpc) is 2.97. The molecule has 108 valence electrons. The SMILES string of the molecule is COCCNCc1ccc(N(C)Cc2ccoc2)cc1. The normalized spacial score (nSPS) is 10.7. The predicted octanol–water partition coefficient (Wildman–Crippen LogP) is 2.65. The van der Waals surface area contributed by atoms with Gasteiger partial charge in [0.15, 0.2) is 0 Å². The van der Waals surface area contributed by atoms with Gasteiger partial charge in [-0.25, -0.2) is 0 Å². The van der Waals surface area contributed by atoms with Crippen molar-refractivity contribution in [2.45, 2.75) is 13.1 Å². The fourth-order valence-corrected chi connectivity index (χ4v) is 2.02. The van der Waals surface area contributed by atoms with E-state index >= 15 is 0 Å². The summed E-state index contributed by atoms with van der Waals surface area (Å²) in [6, 6.07) is 10.6. The topological polar surface area (TPSA) is 37.6 Å². The van der Waals surface area contributed by atoms with Crippen LogP contribution in [0, 0.1) is 0 Å². The second-order valence-electron chi connectivity index (χ2n) is 4.82. The number of ether oxygens (including phenoxy) is 1. The van der Waals surface area contributed by atoms with Crippen LogP contribution in [0.1, 0.15) is 11.1 Å². The summed E-state index contributed by atoms with van der Waals surface area (Å²) in [5.74, 6) is 0. The fraction of sp³-hybridized carbons (Fsp3) is 0.375. The highest BCUT2D eigenvalue weighted by Crippen LogP contribution is 2.16. The minimum Gasteiger partial charge on any atom is -0.472 e. The van der Waals surface area contributed by atoms with Gasteiger partial charge in [0.2, 0.25) is 0 Å². The summed E-state index contributed by atoms with van der Waals surface area (Å²) >= 11 is 0. The highest BCUT2D eigenvalue weighted by atomic mass is 16.5. The first-order valence-corrected chi connectivity index (χ1v) is 6.80. The van der Waals surface area contributed by atoms with Gasteiger partial charge in [0.05, 0.1) is 19.1 Å². The lowest BCUT2D eigenvalue weighted by Crippen LogP contribution is -2.19. The van der Waals surface area contributed by atoms with Crippen molar-refractivity contribution in [3.05, 3.63) is 54.0 Å². The third-order valence-electron chi connectivity index (χ3n) is 3.19. The van der Waals surface area contributed by atoms with Crippen LogP contribution in [0.25, 0.3) is 0 Å². The Morgan fingerprint density at radius 1 is 1.15 bits per heavy atom. The molecule has 4 nitrogen and oxygen atoms in total. The van der Waals surface area contributed by atoms with Crippen LogP contribution in [-0.4, -0.2) is 27.3 Å². The molecule has 0 amide bonds. The quantitative estimate of drug-likeness (QED) is 0.751. The molecule has 0 bridgehead atoms. The molecule has 0 spiro atoms. The molecule has 0 aliphatic carbocycles. The summed E-state index contributed by atoms with van der Waals surface area (Å²) in [6.07, 6.45) is 3.49. The van der Waals surface area contributed by atoms with E-state index in [9.17, 15) is 0 Å². The van der Waals surface area contributed by atoms with E-state index in [0.717, 1.165) is 26.2 Å². The summed E-state index contributed by atoms with van der Waals surface area (Å²) in [6.45, 7) is 3.33. The van der Waals surface area contributed by atoms with Crippen LogP contribution in [0.3, 0.4) is 0 Å². The summed E-state index contributed by atoms with van der Waals surface area (Å²) in [5, 5.41) is 3.34. The number of methoxy groups -OCH3 is 1. The second kappa shape index (κ2) is 7.72. The van der Waals surface area contributed by atoms with E-state index < -0.39 is 0 Å². The van der Waals surface area contributed by atoms with Gasteiger partial charge in [-0.2, -0.15) is 0 Å². The number of benzene rings is 1. The first kappa shape index (κ1) is 14.6. The number of anilines is 1. The molecule has 2 rings (SSSR count). The lowest BCUT2D eigenvalue weighted by Gasteiger charge is -2.18. The van der Waals surface area contributed by atoms with Gasteiger partial charge in [-0.3, -0.25) is 0 Å². The van der Waals surface area contributed by atoms with Crippen LogP contribution in [0.2, 0.25) is 0 Å². The Balaban J connectivity index is 1.84. The van der Waals surface area contributed by atoms with Gasteiger partial charge >= 0.3 is 0 Å². The van der Waals surface area contributed by atoms with E-state index in [1.807, 2.05) is 6.07 Å². The number of nitrogens with zero attached hydrogens (tertiary/aromatic N) is 1. The van der Waals surface area contributed by atoms with Crippen LogP contribution >= 0.6 is 0 Å². The van der Waals surface area contributed by atoms with Crippen molar-refractivity contribution in [1.82, 2.24) is 5.32 Å². The summed E-state index contributed by atoms with van der Waals surface area (Å²) in [7, 11) is 3.80. The summed E-state index contributed by atoms with van der Waals surface area (Å²) < 4.78 is 10.1. The highest BCUT2D eigenvalue weighted by Gasteiger charge is 2.03. The molecule has 0 atom stereocenters. The smallest absolute Gasteiger partial charge is 0.0952 e. The molecule has 1 N–H and O–H groups in total. The molecule has 0 saturated carbocycles. The van der Waals surface area contributed by atoms with E-state index in [4.69, 9.17) is 9.15 Å². The Hall–Kier alpha value is -1.78. The lowest BCUT2D eigenvalue weighted by atomic mass is 10.2. The molecule has 0 unspecified atom stereocenters. The van der Waals surface area contributed by atoms with Crippen LogP contribution < -0.4 is 10.2 Å². The minimum absolute atomic E-state index is 0.742. The largest absolute Gasteiger partial charge is 0.472 e. The standard InChI is InChI=1S/C16H22N2O2/c1-18(12-15-7-9-20-13-15)16-5-3-14(4-6-16)11-17-8-10-19-2/h3-7,9,13,17H,8,10-12H2,1-2H3. The first-order valence-electron chi connectivity index (χ1n) is 6.80. The Labute approximate surface area is 120 Å². The van der Waals surface area contributed by atoms with Gasteiger partial charge < -0.3 is 19.4 Å². The number of furan rings is 1. The number of hydrogen-bond donors (Lipinski definition) is 1. The Bertz CT molecular complexity index is 480. The molecular weight excluding hydrogens is 252 g/mol. The monoisotopic (exact) mass is 274 g/mol. The maximum absolute atomic E-state index is 5.09. The van der Waals surface area contributed by atoms with E-state index in [2.05, 4.69) is 41.5 Å². The molecule has 0 radical (unpaired) electrons. The predicted molar refractivity (Wildman–Crippen MR) is 80.8 cm³/mol. The van der Waals surface area contributed by atoms with E-state index in [0.29, 0.717) is 0 Å². The number of nitrogens with one attached hydrogen (secondary N) is 1. The van der Waals surface area contributed by atoms with E-state index in [1.165, 1.54) is 16.8 Å². The Morgan fingerprint density at radius 2 is 1.95 bits per heavy atom. The van der Waals surface area contributed by atoms with Crippen molar-refractivity contribution >= 4 is 5.69 Å². The van der Waals surface area contributed by atoms with Crippen molar-refractivity contribution in [3.63, 3.8) is 0 Å². The van der Waals surface area contributed by atoms with Gasteiger partial charge in [0.25, 0.3) is 0 Å². The maximum Gasteiger partial charge on any atom is 0.0952 e. The highest BCUT2D eigenvalue weighted by molar-refractivity contribution is 5.47. The van der Waals surface area contributed by atoms with Gasteiger partial charge in [0, 0.05) is 45.0 Å². The Morgan fingerprint density at radius 3 is 2.60 bits per heavy atom. The first-order chi connectivity index (χ1) is 9.79. The average molecular weight is 274 g/mol. The molecule has 0 saturated heterocycles. The van der Waals surface area contributed by atoms with Crippen molar-refractivity contribution in [1.29, 1.82) is 0 Å². The Kier molecular flexibility index (Phi) is 5.65. The van der Waals surface area contributed by atoms with Crippen LogP contribution in [0.5, 0.6) is 0 Å². The zero-order valence-electron chi connectivity index (χ0n) is 12.1. The van der Waals surface area contributed by atoms with Crippen molar-refractivity contribution in [2.24, 2.45) is 0 Å². The molecule has 0 fully saturated rings. The number of rotatable bonds is 8. The zero-order valence-corrected chi connectivity index (χ0v) is 12.1. The zero-order chi connectivity index (χ0) is 14.2. The molecule has 20 heavy (non-hydrogen) atoms. The molecule has 2 aromatic rings. The van der Waals surface area contributed by atoms with Crippen LogP contribution in [-0.2, 0) is 17.8 Å². The van der Waals surface area contributed by atoms with Crippen molar-refractivity contribution in [3.8, 4) is 0 Å². The van der Waals surface area contributed by atoms with Gasteiger partial charge in [0.1, 0.15) is 0 Å². The fourth-order valence-electron chi connectivity index (χ4n) is 2.02. The molecule has 1 aromatic carbocycles. The van der Waals surface area contributed by atoms with Gasteiger partial charge in [-0.15, -0.1) is 0 Å². The third-order valence-corrected chi connectivity index (χ3v) is 3.19. The molecule has 4 heteroatoms. The third kappa shape index (κ3) is 4.40. The van der Waals surface area contributed by atoms with Crippen LogP contribution in [0.4, 0.5) is 5.69 Å². The van der Waals surface area contributed by atoms with Crippen LogP contribution in [0.15, 0.2) is 47.3 Å². The van der Waals surface area contributed by atoms with Crippen molar-refractivity contribution < 1.29 is 9.15 Å². The van der Waals surface area contributed by atoms with Gasteiger partial charge in [-0.1, -0.05) is 12.1 Å². The molecule has 1 heterocycles. The summed E-state index contributed by atoms with van der Waals surface area (Å²) in [5.41, 5.74) is 3.66. The molecular formula is C16H22N2O2. The number of hydrogen-bond acceptors (Lipinski definition) is 4. The molecule has 0 aliphatic heterocycles. The molecule has 1 aromatic heterocycles. The molecule has 0 aliphatic rings. The van der Waals surface area contributed by atoms with Gasteiger partial charge in [-0.05, 0) is 23.8 Å². The van der Waals surface area contributed by atoms with Crippen molar-refractivity contribution in [2.75, 3.05) is 32.2 Å². The van der Waals surface area contributed by atoms with E-state index in [-0.39, 0.29) is 0 Å². The lowest BCUT2D eigenvalue weighted by molar-refractivity contribution is 0.199. The maximum atomic E-state index is 5.09. The van der Waals surface area contributed by atoms with E-state index in [1.54, 1.807) is 19.6 Å². The minimum atomic E-state index is 0.742. The summed E-state index contributed by atoms with van der Waals surface area (Å²) in [4.78, 5) is 2.20.